The minimum Gasteiger partial charge on any atom is -0.496 e. The fraction of sp³-hybridized carbons (Fsp3) is 0.105. The lowest BCUT2D eigenvalue weighted by Gasteiger charge is -2.07. The van der Waals surface area contributed by atoms with Gasteiger partial charge in [0.25, 0.3) is 11.6 Å². The fourth-order valence-electron chi connectivity index (χ4n) is 2.39. The van der Waals surface area contributed by atoms with Crippen molar-refractivity contribution in [1.29, 1.82) is 0 Å². The molecule has 1 N–H and O–H groups in total. The number of anilines is 1. The van der Waals surface area contributed by atoms with Gasteiger partial charge < -0.3 is 19.2 Å². The number of nitrogens with zero attached hydrogens (tertiary/aromatic N) is 1. The number of nitro groups is 1. The molecule has 0 radical (unpaired) electrons. The summed E-state index contributed by atoms with van der Waals surface area (Å²) in [6, 6.07) is 12.2. The quantitative estimate of drug-likeness (QED) is 0.356. The number of nitro benzene ring substituents is 1. The van der Waals surface area contributed by atoms with E-state index in [-0.39, 0.29) is 29.5 Å². The summed E-state index contributed by atoms with van der Waals surface area (Å²) in [7, 11) is 1.38. The monoisotopic (exact) mass is 480 g/mol. The Labute approximate surface area is 178 Å². The van der Waals surface area contributed by atoms with Crippen molar-refractivity contribution in [2.45, 2.75) is 6.61 Å². The van der Waals surface area contributed by atoms with Crippen LogP contribution in [0.25, 0.3) is 0 Å². The molecular formula is C19H14BrClN2O6. The summed E-state index contributed by atoms with van der Waals surface area (Å²) < 4.78 is 16.9. The molecule has 8 nitrogen and oxygen atoms in total. The maximum atomic E-state index is 12.4. The Kier molecular flexibility index (Phi) is 6.40. The second kappa shape index (κ2) is 8.97. The number of halogens is 2. The number of carbonyl (C=O) groups is 1. The Hall–Kier alpha value is -3.04. The van der Waals surface area contributed by atoms with Crippen LogP contribution in [0.5, 0.6) is 11.5 Å². The smallest absolute Gasteiger partial charge is 0.291 e. The predicted octanol–water partition coefficient (Wildman–Crippen LogP) is 5.44. The molecule has 0 aliphatic rings. The average Bonchev–Trinajstić information content (AvgIpc) is 3.16. The zero-order valence-electron chi connectivity index (χ0n) is 15.0. The van der Waals surface area contributed by atoms with Crippen LogP contribution >= 0.6 is 27.5 Å². The molecular weight excluding hydrogens is 468 g/mol. The first kappa shape index (κ1) is 20.7. The zero-order chi connectivity index (χ0) is 21.0. The Morgan fingerprint density at radius 3 is 2.72 bits per heavy atom. The number of hydrogen-bond acceptors (Lipinski definition) is 6. The molecule has 0 aliphatic carbocycles. The summed E-state index contributed by atoms with van der Waals surface area (Å²) in [5.74, 6) is 0.581. The summed E-state index contributed by atoms with van der Waals surface area (Å²) in [5.41, 5.74) is -0.00328. The lowest BCUT2D eigenvalue weighted by atomic mass is 10.2. The largest absolute Gasteiger partial charge is 0.496 e. The Balaban J connectivity index is 1.68. The molecule has 0 aliphatic heterocycles. The van der Waals surface area contributed by atoms with E-state index in [2.05, 4.69) is 21.2 Å². The van der Waals surface area contributed by atoms with Gasteiger partial charge in [-0.2, -0.15) is 0 Å². The van der Waals surface area contributed by atoms with Crippen molar-refractivity contribution >= 4 is 44.8 Å². The lowest BCUT2D eigenvalue weighted by Crippen LogP contribution is -2.11. The van der Waals surface area contributed by atoms with Gasteiger partial charge in [-0.3, -0.25) is 14.9 Å². The first-order valence-electron chi connectivity index (χ1n) is 8.17. The third kappa shape index (κ3) is 5.27. The molecule has 1 aromatic heterocycles. The first-order valence-corrected chi connectivity index (χ1v) is 9.34. The van der Waals surface area contributed by atoms with Crippen LogP contribution in [-0.4, -0.2) is 17.9 Å². The van der Waals surface area contributed by atoms with E-state index in [1.54, 1.807) is 24.3 Å². The van der Waals surface area contributed by atoms with E-state index in [1.807, 2.05) is 0 Å². The minimum absolute atomic E-state index is 0.0241. The van der Waals surface area contributed by atoms with Gasteiger partial charge in [-0.25, -0.2) is 0 Å². The molecule has 150 valence electrons. The number of furan rings is 1. The van der Waals surface area contributed by atoms with E-state index in [0.717, 1.165) is 4.47 Å². The van der Waals surface area contributed by atoms with Crippen LogP contribution in [0, 0.1) is 10.1 Å². The van der Waals surface area contributed by atoms with Gasteiger partial charge in [0, 0.05) is 16.6 Å². The predicted molar refractivity (Wildman–Crippen MR) is 110 cm³/mol. The number of nitrogens with one attached hydrogen (secondary N) is 1. The third-order valence-corrected chi connectivity index (χ3v) is 4.53. The normalized spacial score (nSPS) is 10.4. The highest BCUT2D eigenvalue weighted by Crippen LogP contribution is 2.29. The molecule has 1 amide bonds. The summed E-state index contributed by atoms with van der Waals surface area (Å²) in [4.78, 5) is 22.8. The van der Waals surface area contributed by atoms with Crippen LogP contribution in [0.3, 0.4) is 0 Å². The Morgan fingerprint density at radius 1 is 1.24 bits per heavy atom. The second-order valence-electron chi connectivity index (χ2n) is 5.76. The molecule has 10 heteroatoms. The van der Waals surface area contributed by atoms with Gasteiger partial charge in [-0.1, -0.05) is 27.5 Å². The number of carbonyl (C=O) groups excluding carboxylic acids is 1. The minimum atomic E-state index is -0.576. The maximum Gasteiger partial charge on any atom is 0.291 e. The number of ether oxygens (including phenoxy) is 2. The molecule has 0 saturated carbocycles. The summed E-state index contributed by atoms with van der Waals surface area (Å²) in [6.45, 7) is 0.0687. The van der Waals surface area contributed by atoms with Gasteiger partial charge in [-0.05, 0) is 30.3 Å². The molecule has 3 rings (SSSR count). The van der Waals surface area contributed by atoms with Crippen molar-refractivity contribution in [2.75, 3.05) is 12.4 Å². The van der Waals surface area contributed by atoms with Crippen LogP contribution in [-0.2, 0) is 6.61 Å². The zero-order valence-corrected chi connectivity index (χ0v) is 17.3. The highest BCUT2D eigenvalue weighted by molar-refractivity contribution is 9.10. The number of hydrogen-bond donors (Lipinski definition) is 1. The molecule has 3 aromatic rings. The van der Waals surface area contributed by atoms with E-state index in [9.17, 15) is 14.9 Å². The number of benzene rings is 2. The standard InChI is InChI=1S/C19H14BrClN2O6/c1-27-15-8-12(7-13(9-15)23(25)26)22-19(24)18-5-3-14(29-18)10-28-17-4-2-11(20)6-16(17)21/h2-9H,10H2,1H3,(H,22,24). The van der Waals surface area contributed by atoms with Crippen LogP contribution in [0.2, 0.25) is 5.02 Å². The summed E-state index contributed by atoms with van der Waals surface area (Å²) in [5, 5.41) is 14.0. The Bertz CT molecular complexity index is 1070. The topological polar surface area (TPSA) is 104 Å². The molecule has 29 heavy (non-hydrogen) atoms. The molecule has 0 spiro atoms. The molecule has 1 heterocycles. The van der Waals surface area contributed by atoms with Crippen LogP contribution in [0.4, 0.5) is 11.4 Å². The Morgan fingerprint density at radius 2 is 2.03 bits per heavy atom. The molecule has 0 bridgehead atoms. The SMILES string of the molecule is COc1cc(NC(=O)c2ccc(COc3ccc(Br)cc3Cl)o2)cc([N+](=O)[O-])c1. The number of non-ortho nitro benzene ring substituents is 1. The molecule has 2 aromatic carbocycles. The molecule has 0 atom stereocenters. The van der Waals surface area contributed by atoms with E-state index in [4.69, 9.17) is 25.5 Å². The van der Waals surface area contributed by atoms with Crippen molar-refractivity contribution in [3.63, 3.8) is 0 Å². The maximum absolute atomic E-state index is 12.4. The highest BCUT2D eigenvalue weighted by Gasteiger charge is 2.16. The summed E-state index contributed by atoms with van der Waals surface area (Å²) in [6.07, 6.45) is 0. The second-order valence-corrected chi connectivity index (χ2v) is 7.08. The van der Waals surface area contributed by atoms with Crippen molar-refractivity contribution in [2.24, 2.45) is 0 Å². The van der Waals surface area contributed by atoms with Crippen LogP contribution in [0.1, 0.15) is 16.3 Å². The lowest BCUT2D eigenvalue weighted by molar-refractivity contribution is -0.384. The number of rotatable bonds is 7. The van der Waals surface area contributed by atoms with E-state index >= 15 is 0 Å². The van der Waals surface area contributed by atoms with Gasteiger partial charge in [-0.15, -0.1) is 0 Å². The third-order valence-electron chi connectivity index (χ3n) is 3.74. The van der Waals surface area contributed by atoms with Crippen molar-refractivity contribution in [1.82, 2.24) is 0 Å². The van der Waals surface area contributed by atoms with Crippen LogP contribution < -0.4 is 14.8 Å². The number of amides is 1. The highest BCUT2D eigenvalue weighted by atomic mass is 79.9. The van der Waals surface area contributed by atoms with Gasteiger partial charge in [0.15, 0.2) is 5.76 Å². The summed E-state index contributed by atoms with van der Waals surface area (Å²) >= 11 is 9.41. The first-order chi connectivity index (χ1) is 13.9. The van der Waals surface area contributed by atoms with Gasteiger partial charge in [0.2, 0.25) is 0 Å². The molecule has 0 unspecified atom stereocenters. The van der Waals surface area contributed by atoms with Gasteiger partial charge in [0.05, 0.1) is 28.8 Å². The van der Waals surface area contributed by atoms with Gasteiger partial charge >= 0.3 is 0 Å². The molecule has 0 fully saturated rings. The number of methoxy groups -OCH3 is 1. The average molecular weight is 482 g/mol. The van der Waals surface area contributed by atoms with Gasteiger partial charge in [0.1, 0.15) is 23.9 Å². The van der Waals surface area contributed by atoms with E-state index < -0.39 is 10.8 Å². The van der Waals surface area contributed by atoms with E-state index in [0.29, 0.717) is 16.5 Å². The van der Waals surface area contributed by atoms with Crippen molar-refractivity contribution in [3.8, 4) is 11.5 Å². The van der Waals surface area contributed by atoms with E-state index in [1.165, 1.54) is 31.4 Å². The van der Waals surface area contributed by atoms with Crippen molar-refractivity contribution in [3.05, 3.63) is 79.7 Å². The van der Waals surface area contributed by atoms with Crippen molar-refractivity contribution < 1.29 is 23.6 Å². The van der Waals surface area contributed by atoms with Crippen LogP contribution in [0.15, 0.2) is 57.4 Å². The fourth-order valence-corrected chi connectivity index (χ4v) is 3.12. The molecule has 0 saturated heterocycles.